The molecule has 1 heterocycles. The summed E-state index contributed by atoms with van der Waals surface area (Å²) in [5.74, 6) is -1.15. The SMILES string of the molecule is Cc1cc(C(=O)O)cc(S(=O)(=O)Nc2ncc[nH]2)c1Br. The molecule has 0 saturated heterocycles. The van der Waals surface area contributed by atoms with Crippen molar-refractivity contribution in [1.82, 2.24) is 9.97 Å². The van der Waals surface area contributed by atoms with Crippen LogP contribution in [-0.4, -0.2) is 29.5 Å². The van der Waals surface area contributed by atoms with Gasteiger partial charge in [-0.1, -0.05) is 0 Å². The summed E-state index contributed by atoms with van der Waals surface area (Å²) >= 11 is 3.16. The van der Waals surface area contributed by atoms with Gasteiger partial charge in [0.25, 0.3) is 10.0 Å². The van der Waals surface area contributed by atoms with Gasteiger partial charge in [-0.3, -0.25) is 0 Å². The second-order valence-corrected chi connectivity index (χ2v) is 6.40. The first-order valence-corrected chi connectivity index (χ1v) is 7.64. The van der Waals surface area contributed by atoms with Crippen LogP contribution in [0.1, 0.15) is 15.9 Å². The summed E-state index contributed by atoms with van der Waals surface area (Å²) in [6.45, 7) is 1.61. The number of sulfonamides is 1. The minimum absolute atomic E-state index is 0.0512. The fourth-order valence-electron chi connectivity index (χ4n) is 1.56. The molecule has 20 heavy (non-hydrogen) atoms. The molecule has 2 rings (SSSR count). The molecule has 2 aromatic rings. The molecule has 0 radical (unpaired) electrons. The van der Waals surface area contributed by atoms with Gasteiger partial charge in [0.1, 0.15) is 4.90 Å². The van der Waals surface area contributed by atoms with E-state index < -0.39 is 16.0 Å². The number of benzene rings is 1. The zero-order chi connectivity index (χ0) is 14.9. The summed E-state index contributed by atoms with van der Waals surface area (Å²) in [7, 11) is -3.95. The summed E-state index contributed by atoms with van der Waals surface area (Å²) in [6, 6.07) is 2.48. The van der Waals surface area contributed by atoms with E-state index in [4.69, 9.17) is 5.11 Å². The number of hydrogen-bond acceptors (Lipinski definition) is 4. The van der Waals surface area contributed by atoms with Gasteiger partial charge >= 0.3 is 5.97 Å². The topological polar surface area (TPSA) is 112 Å². The van der Waals surface area contributed by atoms with Crippen molar-refractivity contribution in [3.8, 4) is 0 Å². The van der Waals surface area contributed by atoms with E-state index in [9.17, 15) is 13.2 Å². The molecule has 0 bridgehead atoms. The Morgan fingerprint density at radius 2 is 2.15 bits per heavy atom. The molecular weight excluding hydrogens is 350 g/mol. The molecule has 0 unspecified atom stereocenters. The molecule has 7 nitrogen and oxygen atoms in total. The van der Waals surface area contributed by atoms with Gasteiger partial charge in [0, 0.05) is 16.9 Å². The molecule has 106 valence electrons. The van der Waals surface area contributed by atoms with Gasteiger partial charge in [-0.25, -0.2) is 22.9 Å². The van der Waals surface area contributed by atoms with E-state index in [1.54, 1.807) is 6.92 Å². The highest BCUT2D eigenvalue weighted by Crippen LogP contribution is 2.28. The Bertz CT molecular complexity index is 756. The quantitative estimate of drug-likeness (QED) is 0.772. The Kier molecular flexibility index (Phi) is 3.82. The highest BCUT2D eigenvalue weighted by molar-refractivity contribution is 9.10. The van der Waals surface area contributed by atoms with Crippen molar-refractivity contribution in [2.45, 2.75) is 11.8 Å². The van der Waals surface area contributed by atoms with Gasteiger partial charge in [0.2, 0.25) is 5.95 Å². The van der Waals surface area contributed by atoms with Gasteiger partial charge in [-0.15, -0.1) is 0 Å². The highest BCUT2D eigenvalue weighted by atomic mass is 79.9. The van der Waals surface area contributed by atoms with E-state index in [1.165, 1.54) is 18.5 Å². The van der Waals surface area contributed by atoms with Gasteiger partial charge in [-0.05, 0) is 40.5 Å². The standard InChI is InChI=1S/C11H10BrN3O4S/c1-6-4-7(10(16)17)5-8(9(6)12)20(18,19)15-11-13-2-3-14-11/h2-5H,1H3,(H,16,17)(H2,13,14,15). The Morgan fingerprint density at radius 1 is 1.45 bits per heavy atom. The van der Waals surface area contributed by atoms with Crippen molar-refractivity contribution >= 4 is 37.9 Å². The van der Waals surface area contributed by atoms with Crippen LogP contribution >= 0.6 is 15.9 Å². The Balaban J connectivity index is 2.53. The number of carboxylic acids is 1. The summed E-state index contributed by atoms with van der Waals surface area (Å²) in [6.07, 6.45) is 2.86. The predicted octanol–water partition coefficient (Wildman–Crippen LogP) is 1.98. The minimum atomic E-state index is -3.95. The number of anilines is 1. The number of aromatic amines is 1. The van der Waals surface area contributed by atoms with E-state index in [0.717, 1.165) is 6.07 Å². The van der Waals surface area contributed by atoms with Crippen molar-refractivity contribution in [3.63, 3.8) is 0 Å². The van der Waals surface area contributed by atoms with Crippen LogP contribution in [0.15, 0.2) is 33.9 Å². The first kappa shape index (κ1) is 14.5. The van der Waals surface area contributed by atoms with E-state index >= 15 is 0 Å². The zero-order valence-corrected chi connectivity index (χ0v) is 12.6. The molecule has 1 aromatic heterocycles. The smallest absolute Gasteiger partial charge is 0.335 e. The van der Waals surface area contributed by atoms with Crippen LogP contribution in [0.3, 0.4) is 0 Å². The Morgan fingerprint density at radius 3 is 2.70 bits per heavy atom. The zero-order valence-electron chi connectivity index (χ0n) is 10.2. The van der Waals surface area contributed by atoms with Crippen LogP contribution in [0.2, 0.25) is 0 Å². The molecule has 0 spiro atoms. The largest absolute Gasteiger partial charge is 0.478 e. The molecule has 1 aromatic carbocycles. The fraction of sp³-hybridized carbons (Fsp3) is 0.0909. The first-order chi connectivity index (χ1) is 9.31. The normalized spacial score (nSPS) is 11.3. The number of aromatic nitrogens is 2. The third kappa shape index (κ3) is 2.83. The fourth-order valence-corrected chi connectivity index (χ4v) is 3.58. The number of carbonyl (C=O) groups is 1. The maximum absolute atomic E-state index is 12.3. The first-order valence-electron chi connectivity index (χ1n) is 5.37. The van der Waals surface area contributed by atoms with Gasteiger partial charge < -0.3 is 10.1 Å². The number of H-pyrrole nitrogens is 1. The van der Waals surface area contributed by atoms with Crippen molar-refractivity contribution in [2.75, 3.05) is 4.72 Å². The second-order valence-electron chi connectivity index (χ2n) is 3.95. The number of nitrogens with one attached hydrogen (secondary N) is 2. The Labute approximate surface area is 123 Å². The van der Waals surface area contributed by atoms with Gasteiger partial charge in [0.05, 0.1) is 5.56 Å². The molecule has 3 N–H and O–H groups in total. The summed E-state index contributed by atoms with van der Waals surface area (Å²) < 4.78 is 27.0. The van der Waals surface area contributed by atoms with Gasteiger partial charge in [0.15, 0.2) is 0 Å². The number of carboxylic acid groups (broad SMARTS) is 1. The Hall–Kier alpha value is -1.87. The number of hydrogen-bond donors (Lipinski definition) is 3. The minimum Gasteiger partial charge on any atom is -0.478 e. The van der Waals surface area contributed by atoms with Crippen LogP contribution in [0.4, 0.5) is 5.95 Å². The monoisotopic (exact) mass is 359 g/mol. The van der Waals surface area contributed by atoms with E-state index in [1.807, 2.05) is 0 Å². The van der Waals surface area contributed by atoms with Crippen LogP contribution in [0.25, 0.3) is 0 Å². The van der Waals surface area contributed by atoms with Crippen molar-refractivity contribution < 1.29 is 18.3 Å². The third-order valence-corrected chi connectivity index (χ3v) is 5.16. The molecule has 0 fully saturated rings. The van der Waals surface area contributed by atoms with E-state index in [0.29, 0.717) is 10.0 Å². The van der Waals surface area contributed by atoms with E-state index in [-0.39, 0.29) is 16.4 Å². The summed E-state index contributed by atoms with van der Waals surface area (Å²) in [5, 5.41) is 9.00. The maximum atomic E-state index is 12.3. The molecule has 9 heteroatoms. The van der Waals surface area contributed by atoms with E-state index in [2.05, 4.69) is 30.6 Å². The predicted molar refractivity (Wildman–Crippen MR) is 75.2 cm³/mol. The summed E-state index contributed by atoms with van der Waals surface area (Å²) in [4.78, 5) is 17.2. The van der Waals surface area contributed by atoms with Gasteiger partial charge in [-0.2, -0.15) is 0 Å². The average molecular weight is 360 g/mol. The maximum Gasteiger partial charge on any atom is 0.335 e. The lowest BCUT2D eigenvalue weighted by Crippen LogP contribution is -2.16. The third-order valence-electron chi connectivity index (χ3n) is 2.49. The van der Waals surface area contributed by atoms with Crippen LogP contribution in [0, 0.1) is 6.92 Å². The highest BCUT2D eigenvalue weighted by Gasteiger charge is 2.22. The molecule has 0 aliphatic rings. The molecule has 0 aliphatic heterocycles. The molecule has 0 saturated carbocycles. The van der Waals surface area contributed by atoms with Crippen LogP contribution < -0.4 is 4.72 Å². The number of halogens is 1. The molecule has 0 amide bonds. The van der Waals surface area contributed by atoms with Crippen molar-refractivity contribution in [2.24, 2.45) is 0 Å². The average Bonchev–Trinajstić information content (AvgIpc) is 2.83. The van der Waals surface area contributed by atoms with Crippen LogP contribution in [-0.2, 0) is 10.0 Å². The van der Waals surface area contributed by atoms with Crippen molar-refractivity contribution in [1.29, 1.82) is 0 Å². The number of imidazole rings is 1. The van der Waals surface area contributed by atoms with Crippen LogP contribution in [0.5, 0.6) is 0 Å². The second kappa shape index (κ2) is 5.25. The number of aromatic carboxylic acids is 1. The molecular formula is C11H10BrN3O4S. The lowest BCUT2D eigenvalue weighted by atomic mass is 10.1. The number of rotatable bonds is 4. The number of nitrogens with zero attached hydrogens (tertiary/aromatic N) is 1. The number of aryl methyl sites for hydroxylation is 1. The summed E-state index contributed by atoms with van der Waals surface area (Å²) in [5.41, 5.74) is 0.398. The molecule has 0 atom stereocenters. The lowest BCUT2D eigenvalue weighted by molar-refractivity contribution is 0.0696. The lowest BCUT2D eigenvalue weighted by Gasteiger charge is -2.10. The van der Waals surface area contributed by atoms with Crippen molar-refractivity contribution in [3.05, 3.63) is 40.1 Å². The molecule has 0 aliphatic carbocycles.